The van der Waals surface area contributed by atoms with E-state index >= 15 is 0 Å². The van der Waals surface area contributed by atoms with Crippen molar-refractivity contribution in [3.63, 3.8) is 0 Å². The predicted octanol–water partition coefficient (Wildman–Crippen LogP) is 3.71. The van der Waals surface area contributed by atoms with Crippen molar-refractivity contribution in [3.05, 3.63) is 54.1 Å². The van der Waals surface area contributed by atoms with Crippen molar-refractivity contribution in [1.82, 2.24) is 4.90 Å². The van der Waals surface area contributed by atoms with E-state index in [1.165, 1.54) is 12.1 Å². The molecule has 1 saturated heterocycles. The average Bonchev–Trinajstić information content (AvgIpc) is 2.79. The first-order valence-corrected chi connectivity index (χ1v) is 10.5. The van der Waals surface area contributed by atoms with Gasteiger partial charge in [-0.15, -0.1) is 12.4 Å². The Kier molecular flexibility index (Phi) is 10.6. The van der Waals surface area contributed by atoms with E-state index in [2.05, 4.69) is 4.90 Å². The Morgan fingerprint density at radius 1 is 0.970 bits per heavy atom. The van der Waals surface area contributed by atoms with E-state index < -0.39 is 17.8 Å². The molecule has 1 unspecified atom stereocenters. The van der Waals surface area contributed by atoms with Crippen LogP contribution in [0.3, 0.4) is 0 Å². The van der Waals surface area contributed by atoms with Crippen LogP contribution in [-0.4, -0.2) is 75.8 Å². The minimum Gasteiger partial charge on any atom is -0.497 e. The zero-order valence-corrected chi connectivity index (χ0v) is 19.3. The van der Waals surface area contributed by atoms with E-state index in [9.17, 15) is 18.3 Å². The second kappa shape index (κ2) is 12.9. The number of anilines is 1. The van der Waals surface area contributed by atoms with Gasteiger partial charge in [0.05, 0.1) is 32.0 Å². The summed E-state index contributed by atoms with van der Waals surface area (Å²) in [5.41, 5.74) is -0.0697. The highest BCUT2D eigenvalue weighted by Crippen LogP contribution is 2.31. The summed E-state index contributed by atoms with van der Waals surface area (Å²) in [6.45, 7) is 3.86. The number of benzene rings is 2. The molecule has 0 amide bonds. The Bertz CT molecular complexity index is 848. The Hall–Kier alpha value is -2.20. The van der Waals surface area contributed by atoms with Crippen molar-refractivity contribution in [1.29, 1.82) is 0 Å². The summed E-state index contributed by atoms with van der Waals surface area (Å²) in [5, 5.41) is 10.2. The SMILES string of the molecule is COc1cccc(OCCOCC(O)CN2CCN(c3cccc(C(F)(F)F)c3)CC2)c1.Cl. The number of aliphatic hydroxyl groups is 1. The van der Waals surface area contributed by atoms with Crippen LogP contribution in [-0.2, 0) is 10.9 Å². The fraction of sp³-hybridized carbons (Fsp3) is 0.478. The number of aliphatic hydroxyl groups excluding tert-OH is 1. The normalized spacial score (nSPS) is 15.6. The maximum absolute atomic E-state index is 12.9. The molecule has 184 valence electrons. The van der Waals surface area contributed by atoms with E-state index in [4.69, 9.17) is 14.2 Å². The van der Waals surface area contributed by atoms with Gasteiger partial charge >= 0.3 is 6.18 Å². The first-order chi connectivity index (χ1) is 15.3. The van der Waals surface area contributed by atoms with Gasteiger partial charge in [-0.25, -0.2) is 0 Å². The lowest BCUT2D eigenvalue weighted by Gasteiger charge is -2.37. The maximum atomic E-state index is 12.9. The van der Waals surface area contributed by atoms with Crippen LogP contribution in [0.25, 0.3) is 0 Å². The summed E-state index contributed by atoms with van der Waals surface area (Å²) in [5.74, 6) is 1.40. The lowest BCUT2D eigenvalue weighted by atomic mass is 10.1. The average molecular weight is 491 g/mol. The Balaban J connectivity index is 0.00000385. The maximum Gasteiger partial charge on any atom is 0.416 e. The third-order valence-electron chi connectivity index (χ3n) is 5.23. The Morgan fingerprint density at radius 2 is 1.67 bits per heavy atom. The third-order valence-corrected chi connectivity index (χ3v) is 5.23. The topological polar surface area (TPSA) is 54.4 Å². The monoisotopic (exact) mass is 490 g/mol. The van der Waals surface area contributed by atoms with Gasteiger partial charge in [-0.2, -0.15) is 13.2 Å². The fourth-order valence-electron chi connectivity index (χ4n) is 3.55. The number of piperazine rings is 1. The molecule has 1 aliphatic heterocycles. The highest BCUT2D eigenvalue weighted by Gasteiger charge is 2.31. The van der Waals surface area contributed by atoms with Crippen molar-refractivity contribution >= 4 is 18.1 Å². The highest BCUT2D eigenvalue weighted by atomic mass is 35.5. The summed E-state index contributed by atoms with van der Waals surface area (Å²) >= 11 is 0. The van der Waals surface area contributed by atoms with Crippen LogP contribution in [0.1, 0.15) is 5.56 Å². The van der Waals surface area contributed by atoms with E-state index in [-0.39, 0.29) is 19.0 Å². The molecule has 0 aromatic heterocycles. The number of β-amino-alcohol motifs (C(OH)–C–C–N with tert-alkyl or cyclic N) is 1. The minimum atomic E-state index is -4.35. The number of methoxy groups -OCH3 is 1. The van der Waals surface area contributed by atoms with Crippen LogP contribution in [0.4, 0.5) is 18.9 Å². The van der Waals surface area contributed by atoms with Crippen molar-refractivity contribution < 1.29 is 32.5 Å². The van der Waals surface area contributed by atoms with Crippen LogP contribution in [0.5, 0.6) is 11.5 Å². The van der Waals surface area contributed by atoms with E-state index in [0.717, 1.165) is 6.07 Å². The van der Waals surface area contributed by atoms with Crippen molar-refractivity contribution in [3.8, 4) is 11.5 Å². The summed E-state index contributed by atoms with van der Waals surface area (Å²) in [6.07, 6.45) is -4.99. The van der Waals surface area contributed by atoms with Gasteiger partial charge in [0.2, 0.25) is 0 Å². The molecule has 1 N–H and O–H groups in total. The summed E-state index contributed by atoms with van der Waals surface area (Å²) in [6, 6.07) is 12.7. The molecule has 6 nitrogen and oxygen atoms in total. The third kappa shape index (κ3) is 8.58. The van der Waals surface area contributed by atoms with Gasteiger partial charge in [-0.1, -0.05) is 12.1 Å². The number of hydrogen-bond acceptors (Lipinski definition) is 6. The minimum absolute atomic E-state index is 0. The van der Waals surface area contributed by atoms with E-state index in [1.54, 1.807) is 19.2 Å². The van der Waals surface area contributed by atoms with Gasteiger partial charge in [0, 0.05) is 44.5 Å². The molecule has 1 atom stereocenters. The standard InChI is InChI=1S/C23H29F3N2O4.ClH/c1-30-21-6-3-7-22(15-21)32-13-12-31-17-20(29)16-27-8-10-28(11-9-27)19-5-2-4-18(14-19)23(24,25)26;/h2-7,14-15,20,29H,8-13,16-17H2,1H3;1H. The van der Waals surface area contributed by atoms with Crippen molar-refractivity contribution in [2.24, 2.45) is 0 Å². The number of ether oxygens (including phenoxy) is 3. The van der Waals surface area contributed by atoms with Crippen molar-refractivity contribution in [2.45, 2.75) is 12.3 Å². The van der Waals surface area contributed by atoms with Crippen LogP contribution < -0.4 is 14.4 Å². The molecule has 3 rings (SSSR count). The molecule has 1 fully saturated rings. The molecule has 2 aromatic rings. The highest BCUT2D eigenvalue weighted by molar-refractivity contribution is 5.85. The molecule has 10 heteroatoms. The predicted molar refractivity (Wildman–Crippen MR) is 123 cm³/mol. The molecule has 0 radical (unpaired) electrons. The number of halogens is 4. The number of hydrogen-bond donors (Lipinski definition) is 1. The molecule has 33 heavy (non-hydrogen) atoms. The summed E-state index contributed by atoms with van der Waals surface area (Å²) < 4.78 is 55.0. The van der Waals surface area contributed by atoms with Crippen molar-refractivity contribution in [2.75, 3.05) is 64.6 Å². The molecule has 2 aromatic carbocycles. The molecule has 1 heterocycles. The van der Waals surface area contributed by atoms with E-state index in [0.29, 0.717) is 63.1 Å². The fourth-order valence-corrected chi connectivity index (χ4v) is 3.55. The van der Waals surface area contributed by atoms with Gasteiger partial charge in [0.15, 0.2) is 0 Å². The zero-order chi connectivity index (χ0) is 23.0. The quantitative estimate of drug-likeness (QED) is 0.512. The molecular weight excluding hydrogens is 461 g/mol. The van der Waals surface area contributed by atoms with Gasteiger partial charge in [0.25, 0.3) is 0 Å². The summed E-state index contributed by atoms with van der Waals surface area (Å²) in [7, 11) is 1.59. The molecule has 0 spiro atoms. The zero-order valence-electron chi connectivity index (χ0n) is 18.5. The number of rotatable bonds is 10. The molecule has 1 aliphatic rings. The van der Waals surface area contributed by atoms with Crippen LogP contribution in [0.15, 0.2) is 48.5 Å². The Morgan fingerprint density at radius 3 is 2.36 bits per heavy atom. The first-order valence-electron chi connectivity index (χ1n) is 10.5. The van der Waals surface area contributed by atoms with Gasteiger partial charge < -0.3 is 24.2 Å². The lowest BCUT2D eigenvalue weighted by molar-refractivity contribution is -0.137. The first kappa shape index (κ1) is 27.0. The van der Waals surface area contributed by atoms with Crippen LogP contribution in [0.2, 0.25) is 0 Å². The number of nitrogens with zero attached hydrogens (tertiary/aromatic N) is 2. The van der Waals surface area contributed by atoms with Gasteiger partial charge in [-0.3, -0.25) is 4.90 Å². The molecule has 0 bridgehead atoms. The van der Waals surface area contributed by atoms with Gasteiger partial charge in [0.1, 0.15) is 18.1 Å². The second-order valence-corrected chi connectivity index (χ2v) is 7.59. The van der Waals surface area contributed by atoms with E-state index in [1.807, 2.05) is 23.1 Å². The molecular formula is C23H30ClF3N2O4. The Labute approximate surface area is 198 Å². The smallest absolute Gasteiger partial charge is 0.416 e. The van der Waals surface area contributed by atoms with Crippen LogP contribution >= 0.6 is 12.4 Å². The van der Waals surface area contributed by atoms with Gasteiger partial charge in [-0.05, 0) is 30.3 Å². The number of alkyl halides is 3. The van der Waals surface area contributed by atoms with Crippen LogP contribution in [0, 0.1) is 0 Å². The molecule has 0 saturated carbocycles. The largest absolute Gasteiger partial charge is 0.497 e. The molecule has 0 aliphatic carbocycles. The lowest BCUT2D eigenvalue weighted by Crippen LogP contribution is -2.49. The second-order valence-electron chi connectivity index (χ2n) is 7.59. The summed E-state index contributed by atoms with van der Waals surface area (Å²) in [4.78, 5) is 4.02.